The molecule has 6 heteroatoms. The molecule has 21 heavy (non-hydrogen) atoms. The molecule has 112 valence electrons. The summed E-state index contributed by atoms with van der Waals surface area (Å²) in [5, 5.41) is 10.3. The summed E-state index contributed by atoms with van der Waals surface area (Å²) in [7, 11) is 0. The third-order valence-corrected chi connectivity index (χ3v) is 4.52. The van der Waals surface area contributed by atoms with Crippen molar-refractivity contribution >= 4 is 22.7 Å². The Morgan fingerprint density at radius 2 is 2.29 bits per heavy atom. The Bertz CT molecular complexity index is 680. The molecule has 5 nitrogen and oxygen atoms in total. The number of hydrogen-bond donors (Lipinski definition) is 1. The van der Waals surface area contributed by atoms with E-state index in [9.17, 15) is 4.79 Å². The highest BCUT2D eigenvalue weighted by Crippen LogP contribution is 2.20. The number of rotatable bonds is 5. The first-order valence-electron chi connectivity index (χ1n) is 7.14. The van der Waals surface area contributed by atoms with Gasteiger partial charge in [-0.25, -0.2) is 4.98 Å². The van der Waals surface area contributed by atoms with E-state index in [4.69, 9.17) is 9.84 Å². The molecule has 0 unspecified atom stereocenters. The normalized spacial score (nSPS) is 18.4. The zero-order valence-electron chi connectivity index (χ0n) is 11.7. The van der Waals surface area contributed by atoms with Crippen molar-refractivity contribution in [3.8, 4) is 0 Å². The van der Waals surface area contributed by atoms with Gasteiger partial charge in [0.05, 0.1) is 30.2 Å². The molecular formula is C15H18N2O3S. The van der Waals surface area contributed by atoms with E-state index in [-0.39, 0.29) is 18.3 Å². The summed E-state index contributed by atoms with van der Waals surface area (Å²) in [6.45, 7) is 1.36. The second kappa shape index (κ2) is 6.60. The number of ether oxygens (including phenoxy) is 1. The number of aliphatic hydroxyl groups excluding tert-OH is 1. The van der Waals surface area contributed by atoms with Crippen molar-refractivity contribution < 1.29 is 9.84 Å². The van der Waals surface area contributed by atoms with E-state index < -0.39 is 0 Å². The molecule has 1 saturated heterocycles. The Balaban J connectivity index is 2.04. The quantitative estimate of drug-likeness (QED) is 0.672. The largest absolute Gasteiger partial charge is 0.396 e. The van der Waals surface area contributed by atoms with Crippen molar-refractivity contribution in [1.29, 1.82) is 0 Å². The predicted molar refractivity (Wildman–Crippen MR) is 82.8 cm³/mol. The van der Waals surface area contributed by atoms with Gasteiger partial charge in [-0.15, -0.1) is 0 Å². The number of nitrogens with zero attached hydrogens (tertiary/aromatic N) is 2. The Morgan fingerprint density at radius 1 is 1.43 bits per heavy atom. The third kappa shape index (κ3) is 3.12. The van der Waals surface area contributed by atoms with Crippen LogP contribution in [0.4, 0.5) is 0 Å². The highest BCUT2D eigenvalue weighted by molar-refractivity contribution is 7.99. The highest BCUT2D eigenvalue weighted by atomic mass is 32.2. The molecule has 0 spiro atoms. The molecule has 1 aromatic heterocycles. The van der Waals surface area contributed by atoms with Crippen LogP contribution in [-0.2, 0) is 11.3 Å². The standard InChI is InChI=1S/C15H18N2O3S/c18-7-9-21-15-16-13-6-2-1-5-12(13)14(19)17(15)10-11-4-3-8-20-11/h1-2,5-6,11,18H,3-4,7-10H2/t11-/m1/s1. The average Bonchev–Trinajstić information content (AvgIpc) is 3.01. The van der Waals surface area contributed by atoms with Crippen LogP contribution in [0.25, 0.3) is 10.9 Å². The minimum Gasteiger partial charge on any atom is -0.396 e. The summed E-state index contributed by atoms with van der Waals surface area (Å²) in [6.07, 6.45) is 2.10. The summed E-state index contributed by atoms with van der Waals surface area (Å²) >= 11 is 1.41. The zero-order chi connectivity index (χ0) is 14.7. The topological polar surface area (TPSA) is 64.3 Å². The number of aliphatic hydroxyl groups is 1. The zero-order valence-corrected chi connectivity index (χ0v) is 12.5. The fraction of sp³-hybridized carbons (Fsp3) is 0.467. The lowest BCUT2D eigenvalue weighted by atomic mass is 10.2. The summed E-state index contributed by atoms with van der Waals surface area (Å²) in [5.74, 6) is 0.524. The number of thioether (sulfide) groups is 1. The molecule has 0 radical (unpaired) electrons. The van der Waals surface area contributed by atoms with Gasteiger partial charge in [0.1, 0.15) is 0 Å². The number of aromatic nitrogens is 2. The maximum atomic E-state index is 12.7. The number of benzene rings is 1. The second-order valence-electron chi connectivity index (χ2n) is 5.03. The Hall–Kier alpha value is -1.37. The van der Waals surface area contributed by atoms with Gasteiger partial charge in [-0.05, 0) is 25.0 Å². The molecule has 0 bridgehead atoms. The lowest BCUT2D eigenvalue weighted by Gasteiger charge is -2.16. The van der Waals surface area contributed by atoms with Crippen LogP contribution in [0.5, 0.6) is 0 Å². The first-order chi connectivity index (χ1) is 10.3. The molecular weight excluding hydrogens is 288 g/mol. The lowest BCUT2D eigenvalue weighted by molar-refractivity contribution is 0.0937. The Kier molecular flexibility index (Phi) is 4.57. The molecule has 3 rings (SSSR count). The van der Waals surface area contributed by atoms with Gasteiger partial charge in [0.15, 0.2) is 5.16 Å². The van der Waals surface area contributed by atoms with Gasteiger partial charge < -0.3 is 9.84 Å². The number of hydrogen-bond acceptors (Lipinski definition) is 5. The summed E-state index contributed by atoms with van der Waals surface area (Å²) in [5.41, 5.74) is 0.670. The molecule has 0 aliphatic carbocycles. The monoisotopic (exact) mass is 306 g/mol. The molecule has 1 fully saturated rings. The molecule has 0 amide bonds. The maximum Gasteiger partial charge on any atom is 0.262 e. The van der Waals surface area contributed by atoms with Crippen LogP contribution < -0.4 is 5.56 Å². The summed E-state index contributed by atoms with van der Waals surface area (Å²) in [4.78, 5) is 17.3. The van der Waals surface area contributed by atoms with Crippen LogP contribution in [0, 0.1) is 0 Å². The SMILES string of the molecule is O=c1c2ccccc2nc(SCCO)n1C[C@H]1CCCO1. The van der Waals surface area contributed by atoms with Gasteiger partial charge in [0, 0.05) is 12.4 Å². The first kappa shape index (κ1) is 14.6. The van der Waals surface area contributed by atoms with Crippen LogP contribution in [0.2, 0.25) is 0 Å². The molecule has 2 heterocycles. The van der Waals surface area contributed by atoms with Gasteiger partial charge in [-0.2, -0.15) is 0 Å². The smallest absolute Gasteiger partial charge is 0.262 e. The molecule has 2 aromatic rings. The predicted octanol–water partition coefficient (Wildman–Crippen LogP) is 1.66. The molecule has 1 atom stereocenters. The number of fused-ring (bicyclic) bond motifs is 1. The van der Waals surface area contributed by atoms with Crippen molar-refractivity contribution in [2.75, 3.05) is 19.0 Å². The summed E-state index contributed by atoms with van der Waals surface area (Å²) in [6, 6.07) is 7.37. The average molecular weight is 306 g/mol. The van der Waals surface area contributed by atoms with Gasteiger partial charge >= 0.3 is 0 Å². The maximum absolute atomic E-state index is 12.7. The van der Waals surface area contributed by atoms with Gasteiger partial charge in [0.2, 0.25) is 0 Å². The summed E-state index contributed by atoms with van der Waals surface area (Å²) < 4.78 is 7.33. The van der Waals surface area contributed by atoms with Crippen molar-refractivity contribution in [1.82, 2.24) is 9.55 Å². The van der Waals surface area contributed by atoms with E-state index in [1.54, 1.807) is 10.6 Å². The van der Waals surface area contributed by atoms with Crippen LogP contribution >= 0.6 is 11.8 Å². The van der Waals surface area contributed by atoms with Crippen LogP contribution in [-0.4, -0.2) is 39.7 Å². The van der Waals surface area contributed by atoms with E-state index in [1.165, 1.54) is 11.8 Å². The first-order valence-corrected chi connectivity index (χ1v) is 8.13. The molecule has 0 saturated carbocycles. The van der Waals surface area contributed by atoms with Crippen LogP contribution in [0.3, 0.4) is 0 Å². The minimum atomic E-state index is -0.0310. The van der Waals surface area contributed by atoms with Crippen LogP contribution in [0.15, 0.2) is 34.2 Å². The molecule has 1 aromatic carbocycles. The highest BCUT2D eigenvalue weighted by Gasteiger charge is 2.19. The second-order valence-corrected chi connectivity index (χ2v) is 6.10. The van der Waals surface area contributed by atoms with Gasteiger partial charge in [0.25, 0.3) is 5.56 Å². The molecule has 1 aliphatic rings. The van der Waals surface area contributed by atoms with E-state index in [0.717, 1.165) is 19.4 Å². The van der Waals surface area contributed by atoms with E-state index in [2.05, 4.69) is 4.98 Å². The van der Waals surface area contributed by atoms with Crippen molar-refractivity contribution in [3.63, 3.8) is 0 Å². The fourth-order valence-electron chi connectivity index (χ4n) is 2.55. The van der Waals surface area contributed by atoms with Crippen LogP contribution in [0.1, 0.15) is 12.8 Å². The molecule has 1 aliphatic heterocycles. The van der Waals surface area contributed by atoms with Gasteiger partial charge in [-0.3, -0.25) is 9.36 Å². The molecule has 1 N–H and O–H groups in total. The van der Waals surface area contributed by atoms with Crippen molar-refractivity contribution in [2.24, 2.45) is 0 Å². The van der Waals surface area contributed by atoms with E-state index in [1.807, 2.05) is 18.2 Å². The minimum absolute atomic E-state index is 0.0310. The van der Waals surface area contributed by atoms with E-state index in [0.29, 0.717) is 28.4 Å². The Labute approximate surface area is 127 Å². The lowest BCUT2D eigenvalue weighted by Crippen LogP contribution is -2.28. The third-order valence-electron chi connectivity index (χ3n) is 3.56. The van der Waals surface area contributed by atoms with Crippen molar-refractivity contribution in [2.45, 2.75) is 30.6 Å². The fourth-order valence-corrected chi connectivity index (χ4v) is 3.30. The Morgan fingerprint density at radius 3 is 3.05 bits per heavy atom. The van der Waals surface area contributed by atoms with E-state index >= 15 is 0 Å². The number of para-hydroxylation sites is 1. The van der Waals surface area contributed by atoms with Gasteiger partial charge in [-0.1, -0.05) is 23.9 Å². The van der Waals surface area contributed by atoms with Crippen molar-refractivity contribution in [3.05, 3.63) is 34.6 Å².